The van der Waals surface area contributed by atoms with Gasteiger partial charge in [0, 0.05) is 55.1 Å². The number of para-hydroxylation sites is 1. The number of imide groups is 2. The molecule has 0 spiro atoms. The quantitative estimate of drug-likeness (QED) is 0.0378. The Kier molecular flexibility index (Phi) is 13.7. The van der Waals surface area contributed by atoms with Crippen molar-refractivity contribution in [3.63, 3.8) is 0 Å². The van der Waals surface area contributed by atoms with Gasteiger partial charge in [0.2, 0.25) is 11.8 Å². The molecule has 2 aromatic heterocycles. The van der Waals surface area contributed by atoms with E-state index in [0.717, 1.165) is 30.6 Å². The van der Waals surface area contributed by atoms with Gasteiger partial charge in [-0.1, -0.05) is 35.9 Å². The van der Waals surface area contributed by atoms with Crippen LogP contribution in [0.4, 0.5) is 16.3 Å². The highest BCUT2D eigenvalue weighted by atomic mass is 35.5. The summed E-state index contributed by atoms with van der Waals surface area (Å²) in [7, 11) is 0. The molecular weight excluding hydrogens is 846 g/mol. The third kappa shape index (κ3) is 9.99. The van der Waals surface area contributed by atoms with E-state index >= 15 is 0 Å². The van der Waals surface area contributed by atoms with E-state index in [4.69, 9.17) is 25.8 Å². The minimum Gasteiger partial charge on any atom is -0.457 e. The number of urea groups is 1. The first-order valence-corrected chi connectivity index (χ1v) is 21.5. The molecule has 18 nitrogen and oxygen atoms in total. The molecule has 0 bridgehead atoms. The minimum atomic E-state index is -1.04. The Balaban J connectivity index is 0.710. The van der Waals surface area contributed by atoms with Gasteiger partial charge in [-0.3, -0.25) is 34.2 Å². The van der Waals surface area contributed by atoms with Gasteiger partial charge in [0.15, 0.2) is 5.78 Å². The third-order valence-electron chi connectivity index (χ3n) is 11.2. The summed E-state index contributed by atoms with van der Waals surface area (Å²) in [6.45, 7) is 1.83. The first kappa shape index (κ1) is 43.7. The summed E-state index contributed by atoms with van der Waals surface area (Å²) >= 11 is 6.59. The molecule has 2 aliphatic heterocycles. The van der Waals surface area contributed by atoms with Gasteiger partial charge in [-0.05, 0) is 68.5 Å². The highest BCUT2D eigenvalue weighted by Gasteiger charge is 2.45. The number of carbonyl (C=O) groups is 6. The molecule has 1 saturated heterocycles. The fraction of sp³-hybridized carbons (Fsp3) is 0.333. The molecule has 1 saturated carbocycles. The number of H-pyrrole nitrogens is 1. The Morgan fingerprint density at radius 2 is 1.56 bits per heavy atom. The Morgan fingerprint density at radius 3 is 2.33 bits per heavy atom. The number of ketones is 1. The Bertz CT molecular complexity index is 2560. The molecule has 3 aromatic carbocycles. The number of fused-ring (bicyclic) bond motifs is 2. The molecule has 4 heterocycles. The van der Waals surface area contributed by atoms with Crippen molar-refractivity contribution in [1.29, 1.82) is 0 Å². The second-order valence-electron chi connectivity index (χ2n) is 15.5. The van der Waals surface area contributed by atoms with E-state index in [2.05, 4.69) is 41.5 Å². The van der Waals surface area contributed by atoms with Crippen LogP contribution in [0.1, 0.15) is 75.2 Å². The van der Waals surface area contributed by atoms with E-state index in [0.29, 0.717) is 78.1 Å². The van der Waals surface area contributed by atoms with E-state index in [1.54, 1.807) is 36.5 Å². The average Bonchev–Trinajstić information content (AvgIpc) is 3.84. The van der Waals surface area contributed by atoms with Crippen LogP contribution in [0.3, 0.4) is 0 Å². The number of amides is 6. The number of rotatable bonds is 18. The van der Waals surface area contributed by atoms with Crippen molar-refractivity contribution in [2.24, 2.45) is 0 Å². The highest BCUT2D eigenvalue weighted by Crippen LogP contribution is 2.34. The lowest BCUT2D eigenvalue weighted by molar-refractivity contribution is -0.136. The first-order chi connectivity index (χ1) is 31.1. The highest BCUT2D eigenvalue weighted by molar-refractivity contribution is 6.36. The Labute approximate surface area is 372 Å². The van der Waals surface area contributed by atoms with Gasteiger partial charge in [-0.15, -0.1) is 0 Å². The molecule has 1 aliphatic carbocycles. The molecule has 8 rings (SSSR count). The number of aromatic nitrogens is 3. The molecule has 2 fully saturated rings. The number of benzene rings is 3. The van der Waals surface area contributed by atoms with Crippen LogP contribution in [0, 0.1) is 0 Å². The largest absolute Gasteiger partial charge is 0.457 e. The van der Waals surface area contributed by atoms with E-state index in [9.17, 15) is 28.8 Å². The zero-order valence-corrected chi connectivity index (χ0v) is 35.4. The molecule has 6 amide bonds. The predicted molar refractivity (Wildman–Crippen MR) is 235 cm³/mol. The number of hydrogen-bond donors (Lipinski definition) is 6. The Hall–Kier alpha value is -6.89. The maximum atomic E-state index is 13.8. The zero-order valence-electron chi connectivity index (χ0n) is 34.6. The molecule has 3 aliphatic rings. The molecule has 6 N–H and O–H groups in total. The van der Waals surface area contributed by atoms with Crippen LogP contribution in [-0.2, 0) is 19.1 Å². The average molecular weight is 892 g/mol. The molecule has 1 unspecified atom stereocenters. The zero-order chi connectivity index (χ0) is 44.6. The summed E-state index contributed by atoms with van der Waals surface area (Å²) in [6, 6.07) is 17.9. The number of nitrogens with one attached hydrogen (secondary N) is 6. The summed E-state index contributed by atoms with van der Waals surface area (Å²) < 4.78 is 17.1. The summed E-state index contributed by atoms with van der Waals surface area (Å²) in [4.78, 5) is 89.5. The van der Waals surface area contributed by atoms with Crippen LogP contribution < -0.4 is 31.3 Å². The molecule has 332 valence electrons. The topological polar surface area (TPSA) is 235 Å². The van der Waals surface area contributed by atoms with Crippen LogP contribution in [0.15, 0.2) is 79.3 Å². The normalized spacial score (nSPS) is 18.4. The molecule has 64 heavy (non-hydrogen) atoms. The molecular formula is C45H46ClN9O9. The number of aromatic amines is 1. The molecule has 19 heteroatoms. The van der Waals surface area contributed by atoms with Crippen LogP contribution >= 0.6 is 11.6 Å². The monoisotopic (exact) mass is 891 g/mol. The molecule has 1 atom stereocenters. The number of anilines is 2. The van der Waals surface area contributed by atoms with Crippen molar-refractivity contribution < 1.29 is 43.0 Å². The van der Waals surface area contributed by atoms with Crippen LogP contribution in [0.2, 0.25) is 5.02 Å². The van der Waals surface area contributed by atoms with Crippen molar-refractivity contribution >= 4 is 69.6 Å². The second-order valence-corrected chi connectivity index (χ2v) is 15.9. The number of nitrogens with zero attached hydrogens (tertiary/aromatic N) is 3. The third-order valence-corrected chi connectivity index (χ3v) is 11.5. The van der Waals surface area contributed by atoms with Gasteiger partial charge in [0.05, 0.1) is 53.5 Å². The van der Waals surface area contributed by atoms with Gasteiger partial charge in [-0.2, -0.15) is 0 Å². The van der Waals surface area contributed by atoms with Crippen molar-refractivity contribution in [2.75, 3.05) is 50.2 Å². The van der Waals surface area contributed by atoms with E-state index in [1.807, 2.05) is 30.3 Å². The Morgan fingerprint density at radius 1 is 0.797 bits per heavy atom. The van der Waals surface area contributed by atoms with E-state index in [-0.39, 0.29) is 59.5 Å². The lowest BCUT2D eigenvalue weighted by Gasteiger charge is -2.30. The lowest BCUT2D eigenvalue weighted by atomic mass is 9.91. The summed E-state index contributed by atoms with van der Waals surface area (Å²) in [5.74, 6) is -0.817. The van der Waals surface area contributed by atoms with Crippen LogP contribution in [0.25, 0.3) is 11.0 Å². The van der Waals surface area contributed by atoms with Crippen LogP contribution in [0.5, 0.6) is 11.5 Å². The van der Waals surface area contributed by atoms with Crippen molar-refractivity contribution in [1.82, 2.24) is 35.8 Å². The second kappa shape index (κ2) is 20.1. The molecule has 5 aromatic rings. The summed E-state index contributed by atoms with van der Waals surface area (Å²) in [5, 5.41) is 15.5. The predicted octanol–water partition coefficient (Wildman–Crippen LogP) is 5.20. The number of ether oxygens (including phenoxy) is 3. The number of carbonyl (C=O) groups excluding carboxylic acids is 6. The number of piperidine rings is 1. The smallest absolute Gasteiger partial charge is 0.315 e. The fourth-order valence-electron chi connectivity index (χ4n) is 8.06. The van der Waals surface area contributed by atoms with Crippen molar-refractivity contribution in [3.05, 3.63) is 107 Å². The maximum Gasteiger partial charge on any atom is 0.315 e. The number of hydrogen-bond acceptors (Lipinski definition) is 13. The van der Waals surface area contributed by atoms with Gasteiger partial charge >= 0.3 is 6.03 Å². The van der Waals surface area contributed by atoms with Crippen molar-refractivity contribution in [2.45, 2.75) is 56.7 Å². The van der Waals surface area contributed by atoms with E-state index in [1.165, 1.54) is 12.4 Å². The standard InChI is InChI=1S/C45H46ClN9O9/c46-33-23-29(64-28-5-2-1-3-6-28)13-14-30(33)39(57)32-24-49-40-38(32)41(51-25-50-40)52-26-9-11-27(12-10-26)53-45(61)48-18-20-63-22-21-62-19-17-47-34-8-4-7-31-37(34)44(60)55(43(31)59)35-15-16-36(56)54-42(35)58/h1-8,13-14,23-27,35,47H,9-12,15-22H2,(H2,48,53,61)(H,54,56,58)(H2,49,50,51,52). The van der Waals surface area contributed by atoms with Gasteiger partial charge < -0.3 is 40.5 Å². The van der Waals surface area contributed by atoms with Gasteiger partial charge in [0.25, 0.3) is 11.8 Å². The SMILES string of the molecule is O=C1CCC(N2C(=O)c3cccc(NCCOCCOCCNC(=O)NC4CCC(Nc5ncnc6[nH]cc(C(=O)c7ccc(Oc8ccccc8)cc7Cl)c56)CC4)c3C2=O)C(=O)N1. The molecule has 0 radical (unpaired) electrons. The first-order valence-electron chi connectivity index (χ1n) is 21.1. The fourth-order valence-corrected chi connectivity index (χ4v) is 8.31. The van der Waals surface area contributed by atoms with E-state index < -0.39 is 29.7 Å². The van der Waals surface area contributed by atoms with Gasteiger partial charge in [-0.25, -0.2) is 14.8 Å². The maximum absolute atomic E-state index is 13.8. The minimum absolute atomic E-state index is 0.00777. The van der Waals surface area contributed by atoms with Gasteiger partial charge in [0.1, 0.15) is 35.3 Å². The summed E-state index contributed by atoms with van der Waals surface area (Å²) in [5.41, 5.74) is 2.06. The number of halogens is 1. The lowest BCUT2D eigenvalue weighted by Crippen LogP contribution is -2.54. The van der Waals surface area contributed by atoms with Crippen molar-refractivity contribution in [3.8, 4) is 11.5 Å². The van der Waals surface area contributed by atoms with Crippen LogP contribution in [-0.4, -0.2) is 113 Å². The summed E-state index contributed by atoms with van der Waals surface area (Å²) in [6.07, 6.45) is 6.23.